The summed E-state index contributed by atoms with van der Waals surface area (Å²) in [7, 11) is 1.57. The molecule has 2 aliphatic heterocycles. The van der Waals surface area contributed by atoms with Gasteiger partial charge in [0.2, 0.25) is 0 Å². The number of carbonyl (C=O) groups is 2. The third-order valence-corrected chi connectivity index (χ3v) is 6.58. The van der Waals surface area contributed by atoms with Crippen LogP contribution in [0, 0.1) is 0 Å². The molecule has 4 rings (SSSR count). The second-order valence-corrected chi connectivity index (χ2v) is 9.20. The zero-order chi connectivity index (χ0) is 25.1. The fourth-order valence-corrected chi connectivity index (χ4v) is 4.82. The van der Waals surface area contributed by atoms with Crippen LogP contribution in [0.25, 0.3) is 5.76 Å². The van der Waals surface area contributed by atoms with Crippen molar-refractivity contribution in [1.29, 1.82) is 0 Å². The lowest BCUT2D eigenvalue weighted by molar-refractivity contribution is -0.140. The molecular formula is C28H33NO6. The van der Waals surface area contributed by atoms with Crippen LogP contribution < -0.4 is 9.47 Å². The Morgan fingerprint density at radius 2 is 2.00 bits per heavy atom. The smallest absolute Gasteiger partial charge is 0.295 e. The van der Waals surface area contributed by atoms with E-state index < -0.39 is 17.7 Å². The molecule has 2 aliphatic rings. The van der Waals surface area contributed by atoms with Crippen LogP contribution in [-0.2, 0) is 14.3 Å². The predicted octanol–water partition coefficient (Wildman–Crippen LogP) is 4.82. The first-order valence-electron chi connectivity index (χ1n) is 12.2. The number of benzene rings is 2. The maximum absolute atomic E-state index is 13.3. The van der Waals surface area contributed by atoms with Gasteiger partial charge in [-0.1, -0.05) is 26.0 Å². The molecule has 2 unspecified atom stereocenters. The minimum Gasteiger partial charge on any atom is -0.507 e. The van der Waals surface area contributed by atoms with Gasteiger partial charge >= 0.3 is 0 Å². The topological polar surface area (TPSA) is 85.3 Å². The fraction of sp³-hybridized carbons (Fsp3) is 0.429. The Hall–Kier alpha value is -3.32. The van der Waals surface area contributed by atoms with Crippen molar-refractivity contribution in [1.82, 2.24) is 4.90 Å². The number of aliphatic hydroxyl groups is 1. The van der Waals surface area contributed by atoms with Crippen molar-refractivity contribution in [2.45, 2.75) is 51.7 Å². The molecule has 2 heterocycles. The van der Waals surface area contributed by atoms with Crippen molar-refractivity contribution in [3.05, 3.63) is 64.7 Å². The lowest BCUT2D eigenvalue weighted by Gasteiger charge is -2.27. The minimum atomic E-state index is -0.747. The highest BCUT2D eigenvalue weighted by atomic mass is 16.5. The highest BCUT2D eigenvalue weighted by Crippen LogP contribution is 2.41. The van der Waals surface area contributed by atoms with Crippen LogP contribution in [0.1, 0.15) is 62.3 Å². The summed E-state index contributed by atoms with van der Waals surface area (Å²) < 4.78 is 16.9. The summed E-state index contributed by atoms with van der Waals surface area (Å²) in [4.78, 5) is 28.1. The Morgan fingerprint density at radius 3 is 2.66 bits per heavy atom. The molecule has 1 N–H and O–H groups in total. The molecule has 35 heavy (non-hydrogen) atoms. The van der Waals surface area contributed by atoms with Gasteiger partial charge in [-0.2, -0.15) is 0 Å². The maximum Gasteiger partial charge on any atom is 0.295 e. The third-order valence-electron chi connectivity index (χ3n) is 6.58. The quantitative estimate of drug-likeness (QED) is 0.332. The van der Waals surface area contributed by atoms with Crippen molar-refractivity contribution in [3.8, 4) is 11.5 Å². The normalized spacial score (nSPS) is 21.7. The minimum absolute atomic E-state index is 0.0696. The van der Waals surface area contributed by atoms with Gasteiger partial charge in [0.1, 0.15) is 17.3 Å². The lowest BCUT2D eigenvalue weighted by atomic mass is 9.93. The van der Waals surface area contributed by atoms with Gasteiger partial charge in [0.15, 0.2) is 0 Å². The summed E-state index contributed by atoms with van der Waals surface area (Å²) >= 11 is 0. The van der Waals surface area contributed by atoms with Crippen LogP contribution >= 0.6 is 0 Å². The Morgan fingerprint density at radius 1 is 1.20 bits per heavy atom. The Labute approximate surface area is 206 Å². The van der Waals surface area contributed by atoms with E-state index >= 15 is 0 Å². The maximum atomic E-state index is 13.3. The molecule has 0 bridgehead atoms. The number of likely N-dealkylation sites (tertiary alicyclic amines) is 1. The number of methoxy groups -OCH3 is 1. The second-order valence-electron chi connectivity index (χ2n) is 9.20. The summed E-state index contributed by atoms with van der Waals surface area (Å²) in [5.74, 6) is -0.0508. The van der Waals surface area contributed by atoms with Gasteiger partial charge in [-0.25, -0.2) is 0 Å². The molecule has 186 valence electrons. The molecule has 2 fully saturated rings. The number of rotatable bonds is 8. The molecule has 0 aliphatic carbocycles. The molecule has 0 saturated carbocycles. The van der Waals surface area contributed by atoms with E-state index in [-0.39, 0.29) is 29.9 Å². The standard InChI is InChI=1S/C28H33NO6/c1-5-34-23-12-11-19(15-22(23)17(2)3)26(30)24-25(18-8-6-9-20(14-18)33-4)29(28(32)27(24)31)16-21-10-7-13-35-21/h6,8-9,11-12,14-15,17,21,25,30H,5,7,10,13,16H2,1-4H3/b26-24-. The van der Waals surface area contributed by atoms with Crippen LogP contribution in [0.15, 0.2) is 48.0 Å². The van der Waals surface area contributed by atoms with E-state index in [1.54, 1.807) is 31.4 Å². The largest absolute Gasteiger partial charge is 0.507 e. The van der Waals surface area contributed by atoms with Gasteiger partial charge in [0, 0.05) is 18.7 Å². The third kappa shape index (κ3) is 4.91. The number of ketones is 1. The molecule has 0 aromatic heterocycles. The number of aliphatic hydroxyl groups excluding tert-OH is 1. The van der Waals surface area contributed by atoms with E-state index in [0.29, 0.717) is 30.1 Å². The first-order chi connectivity index (χ1) is 16.8. The number of hydrogen-bond donors (Lipinski definition) is 1. The fourth-order valence-electron chi connectivity index (χ4n) is 4.82. The Kier molecular flexibility index (Phi) is 7.45. The molecule has 0 spiro atoms. The number of Topliss-reactive ketones (excluding diaryl/α,β-unsaturated/α-hetero) is 1. The van der Waals surface area contributed by atoms with E-state index in [9.17, 15) is 14.7 Å². The van der Waals surface area contributed by atoms with Crippen LogP contribution in [0.2, 0.25) is 0 Å². The molecule has 2 saturated heterocycles. The molecule has 1 amide bonds. The first kappa shape index (κ1) is 24.8. The Bertz CT molecular complexity index is 1130. The molecule has 0 radical (unpaired) electrons. The summed E-state index contributed by atoms with van der Waals surface area (Å²) in [6, 6.07) is 11.9. The predicted molar refractivity (Wildman–Crippen MR) is 133 cm³/mol. The van der Waals surface area contributed by atoms with Gasteiger partial charge in [-0.15, -0.1) is 0 Å². The average molecular weight is 480 g/mol. The van der Waals surface area contributed by atoms with Crippen LogP contribution in [0.4, 0.5) is 0 Å². The van der Waals surface area contributed by atoms with E-state index in [1.165, 1.54) is 4.90 Å². The number of hydrogen-bond acceptors (Lipinski definition) is 6. The zero-order valence-electron chi connectivity index (χ0n) is 20.7. The second kappa shape index (κ2) is 10.5. The van der Waals surface area contributed by atoms with Crippen molar-refractivity contribution in [2.24, 2.45) is 0 Å². The van der Waals surface area contributed by atoms with Crippen LogP contribution in [0.3, 0.4) is 0 Å². The summed E-state index contributed by atoms with van der Waals surface area (Å²) in [5, 5.41) is 11.4. The van der Waals surface area contributed by atoms with Gasteiger partial charge < -0.3 is 24.2 Å². The van der Waals surface area contributed by atoms with E-state index in [2.05, 4.69) is 0 Å². The van der Waals surface area contributed by atoms with E-state index in [1.807, 2.05) is 39.0 Å². The number of ether oxygens (including phenoxy) is 3. The summed E-state index contributed by atoms with van der Waals surface area (Å²) in [5.41, 5.74) is 2.15. The number of carbonyl (C=O) groups excluding carboxylic acids is 2. The number of nitrogens with zero attached hydrogens (tertiary/aromatic N) is 1. The zero-order valence-corrected chi connectivity index (χ0v) is 20.7. The molecule has 2 aromatic carbocycles. The van der Waals surface area contributed by atoms with Gasteiger partial charge in [-0.05, 0) is 67.1 Å². The lowest BCUT2D eigenvalue weighted by Crippen LogP contribution is -2.36. The van der Waals surface area contributed by atoms with Crippen molar-refractivity contribution >= 4 is 17.4 Å². The monoisotopic (exact) mass is 479 g/mol. The first-order valence-corrected chi connectivity index (χ1v) is 12.2. The molecule has 7 heteroatoms. The van der Waals surface area contributed by atoms with Crippen LogP contribution in [0.5, 0.6) is 11.5 Å². The van der Waals surface area contributed by atoms with Crippen LogP contribution in [-0.4, -0.2) is 54.7 Å². The average Bonchev–Trinajstić information content (AvgIpc) is 3.46. The SMILES string of the molecule is CCOc1ccc(/C(O)=C2/C(=O)C(=O)N(CC3CCCO3)C2c2cccc(OC)c2)cc1C(C)C. The molecule has 2 aromatic rings. The Balaban J connectivity index is 1.84. The molecular weight excluding hydrogens is 446 g/mol. The van der Waals surface area contributed by atoms with Gasteiger partial charge in [-0.3, -0.25) is 9.59 Å². The van der Waals surface area contributed by atoms with Crippen molar-refractivity contribution in [2.75, 3.05) is 26.9 Å². The highest BCUT2D eigenvalue weighted by molar-refractivity contribution is 6.46. The van der Waals surface area contributed by atoms with E-state index in [0.717, 1.165) is 24.2 Å². The highest BCUT2D eigenvalue weighted by Gasteiger charge is 2.47. The van der Waals surface area contributed by atoms with Crippen molar-refractivity contribution < 1.29 is 28.9 Å². The van der Waals surface area contributed by atoms with Gasteiger partial charge in [0.05, 0.1) is 31.4 Å². The molecule has 2 atom stereocenters. The molecule has 7 nitrogen and oxygen atoms in total. The summed E-state index contributed by atoms with van der Waals surface area (Å²) in [6.45, 7) is 7.44. The van der Waals surface area contributed by atoms with E-state index in [4.69, 9.17) is 14.2 Å². The number of amides is 1. The van der Waals surface area contributed by atoms with Gasteiger partial charge in [0.25, 0.3) is 11.7 Å². The summed E-state index contributed by atoms with van der Waals surface area (Å²) in [6.07, 6.45) is 1.60. The van der Waals surface area contributed by atoms with Crippen molar-refractivity contribution in [3.63, 3.8) is 0 Å².